The molecule has 3 rings (SSSR count). The summed E-state index contributed by atoms with van der Waals surface area (Å²) in [4.78, 5) is 22.2. The summed E-state index contributed by atoms with van der Waals surface area (Å²) in [5.41, 5.74) is 2.77. The van der Waals surface area contributed by atoms with Gasteiger partial charge in [0.05, 0.1) is 15.6 Å². The van der Waals surface area contributed by atoms with Gasteiger partial charge in [-0.1, -0.05) is 29.3 Å². The van der Waals surface area contributed by atoms with Gasteiger partial charge in [0.25, 0.3) is 5.91 Å². The number of carbonyl (C=O) groups excluding carboxylic acids is 1. The van der Waals surface area contributed by atoms with E-state index in [-0.39, 0.29) is 11.5 Å². The maximum absolute atomic E-state index is 12.4. The molecule has 1 heterocycles. The summed E-state index contributed by atoms with van der Waals surface area (Å²) in [6, 6.07) is 14.3. The van der Waals surface area contributed by atoms with Crippen molar-refractivity contribution in [3.8, 4) is 0 Å². The Labute approximate surface area is 166 Å². The number of nitrogens with one attached hydrogen (secondary N) is 1. The number of aromatic nitrogens is 2. The van der Waals surface area contributed by atoms with E-state index in [2.05, 4.69) is 15.3 Å². The molecule has 4 nitrogen and oxygen atoms in total. The minimum atomic E-state index is -0.348. The fourth-order valence-electron chi connectivity index (χ4n) is 2.36. The van der Waals surface area contributed by atoms with E-state index >= 15 is 0 Å². The summed E-state index contributed by atoms with van der Waals surface area (Å²) < 4.78 is 0. The lowest BCUT2D eigenvalue weighted by atomic mass is 10.2. The summed E-state index contributed by atoms with van der Waals surface area (Å²) >= 11 is 13.6. The average Bonchev–Trinajstić information content (AvgIpc) is 2.55. The van der Waals surface area contributed by atoms with Crippen LogP contribution in [0.4, 0.5) is 5.69 Å². The van der Waals surface area contributed by atoms with Crippen molar-refractivity contribution in [1.29, 1.82) is 0 Å². The molecule has 2 aromatic carbocycles. The molecule has 0 saturated heterocycles. The van der Waals surface area contributed by atoms with Crippen molar-refractivity contribution in [2.45, 2.75) is 23.9 Å². The summed E-state index contributed by atoms with van der Waals surface area (Å²) in [6.45, 7) is 3.88. The number of aryl methyl sites for hydroxylation is 2. The smallest absolute Gasteiger partial charge is 0.258 e. The minimum absolute atomic E-state index is 0.262. The fourth-order valence-corrected chi connectivity index (χ4v) is 3.79. The Morgan fingerprint density at radius 3 is 2.12 bits per heavy atom. The second kappa shape index (κ2) is 8.08. The van der Waals surface area contributed by atoms with Gasteiger partial charge >= 0.3 is 0 Å². The molecule has 132 valence electrons. The SMILES string of the molecule is Cc1cc(C)nc(Sc2ccc(NC(=O)c3c(Cl)cccc3Cl)cc2)n1. The lowest BCUT2D eigenvalue weighted by Crippen LogP contribution is -2.13. The molecule has 0 fully saturated rings. The standard InChI is InChI=1S/C19H15Cl2N3OS/c1-11-10-12(2)23-19(22-11)26-14-8-6-13(7-9-14)24-18(25)17-15(20)4-3-5-16(17)21/h3-10H,1-2H3,(H,24,25). The predicted octanol–water partition coefficient (Wildman–Crippen LogP) is 5.80. The Kier molecular flexibility index (Phi) is 5.81. The van der Waals surface area contributed by atoms with Crippen LogP contribution in [0.15, 0.2) is 58.6 Å². The zero-order chi connectivity index (χ0) is 18.7. The first-order chi connectivity index (χ1) is 12.4. The van der Waals surface area contributed by atoms with Crippen LogP contribution in [-0.4, -0.2) is 15.9 Å². The first-order valence-electron chi connectivity index (χ1n) is 7.78. The number of amides is 1. The van der Waals surface area contributed by atoms with Gasteiger partial charge in [-0.2, -0.15) is 0 Å². The topological polar surface area (TPSA) is 54.9 Å². The molecule has 0 bridgehead atoms. The number of hydrogen-bond acceptors (Lipinski definition) is 4. The molecule has 0 spiro atoms. The Hall–Kier alpha value is -2.08. The van der Waals surface area contributed by atoms with E-state index in [0.717, 1.165) is 16.3 Å². The third-order valence-corrected chi connectivity index (χ3v) is 4.98. The first-order valence-corrected chi connectivity index (χ1v) is 9.35. The van der Waals surface area contributed by atoms with Crippen LogP contribution in [0.1, 0.15) is 21.7 Å². The number of halogens is 2. The van der Waals surface area contributed by atoms with Crippen LogP contribution in [0, 0.1) is 13.8 Å². The van der Waals surface area contributed by atoms with Gasteiger partial charge in [-0.3, -0.25) is 4.79 Å². The molecule has 3 aromatic rings. The summed E-state index contributed by atoms with van der Waals surface area (Å²) in [7, 11) is 0. The van der Waals surface area contributed by atoms with Crippen LogP contribution in [0.2, 0.25) is 10.0 Å². The Balaban J connectivity index is 1.72. The van der Waals surface area contributed by atoms with Crippen LogP contribution in [-0.2, 0) is 0 Å². The number of hydrogen-bond donors (Lipinski definition) is 1. The van der Waals surface area contributed by atoms with Crippen molar-refractivity contribution in [3.05, 3.63) is 75.5 Å². The Bertz CT molecular complexity index is 921. The van der Waals surface area contributed by atoms with Gasteiger partial charge in [0.1, 0.15) is 0 Å². The highest BCUT2D eigenvalue weighted by Crippen LogP contribution is 2.28. The van der Waals surface area contributed by atoms with Gasteiger partial charge in [-0.05, 0) is 68.1 Å². The van der Waals surface area contributed by atoms with Crippen molar-refractivity contribution >= 4 is 46.6 Å². The minimum Gasteiger partial charge on any atom is -0.322 e. The van der Waals surface area contributed by atoms with Crippen molar-refractivity contribution < 1.29 is 4.79 Å². The van der Waals surface area contributed by atoms with Crippen LogP contribution in [0.5, 0.6) is 0 Å². The van der Waals surface area contributed by atoms with Gasteiger partial charge < -0.3 is 5.32 Å². The molecule has 0 aliphatic rings. The zero-order valence-corrected chi connectivity index (χ0v) is 16.4. The largest absolute Gasteiger partial charge is 0.322 e. The normalized spacial score (nSPS) is 10.6. The number of carbonyl (C=O) groups is 1. The first kappa shape index (κ1) is 18.7. The van der Waals surface area contributed by atoms with E-state index in [0.29, 0.717) is 20.9 Å². The third-order valence-electron chi connectivity index (χ3n) is 3.47. The molecule has 7 heteroatoms. The van der Waals surface area contributed by atoms with E-state index in [1.807, 2.05) is 44.2 Å². The fraction of sp³-hybridized carbons (Fsp3) is 0.105. The summed E-state index contributed by atoms with van der Waals surface area (Å²) in [6.07, 6.45) is 0. The molecule has 26 heavy (non-hydrogen) atoms. The number of anilines is 1. The molecule has 0 aliphatic heterocycles. The maximum atomic E-state index is 12.4. The molecular formula is C19H15Cl2N3OS. The molecule has 1 amide bonds. The van der Waals surface area contributed by atoms with Crippen LogP contribution >= 0.6 is 35.0 Å². The maximum Gasteiger partial charge on any atom is 0.258 e. The highest BCUT2D eigenvalue weighted by molar-refractivity contribution is 7.99. The lowest BCUT2D eigenvalue weighted by molar-refractivity contribution is 0.102. The van der Waals surface area contributed by atoms with Gasteiger partial charge in [-0.25, -0.2) is 9.97 Å². The second-order valence-corrected chi connectivity index (χ2v) is 7.47. The van der Waals surface area contributed by atoms with Crippen molar-refractivity contribution in [2.24, 2.45) is 0 Å². The molecule has 1 aromatic heterocycles. The predicted molar refractivity (Wildman–Crippen MR) is 106 cm³/mol. The Morgan fingerprint density at radius 1 is 0.962 bits per heavy atom. The van der Waals surface area contributed by atoms with Crippen LogP contribution < -0.4 is 5.32 Å². The second-order valence-electron chi connectivity index (χ2n) is 5.61. The van der Waals surface area contributed by atoms with E-state index in [1.54, 1.807) is 18.2 Å². The highest BCUT2D eigenvalue weighted by Gasteiger charge is 2.14. The summed E-state index contributed by atoms with van der Waals surface area (Å²) in [5.74, 6) is -0.348. The quantitative estimate of drug-likeness (QED) is 0.558. The van der Waals surface area contributed by atoms with E-state index < -0.39 is 0 Å². The highest BCUT2D eigenvalue weighted by atomic mass is 35.5. The van der Waals surface area contributed by atoms with Gasteiger partial charge in [0.2, 0.25) is 0 Å². The van der Waals surface area contributed by atoms with Crippen molar-refractivity contribution in [3.63, 3.8) is 0 Å². The average molecular weight is 404 g/mol. The monoisotopic (exact) mass is 403 g/mol. The molecule has 1 N–H and O–H groups in total. The number of rotatable bonds is 4. The number of nitrogens with zero attached hydrogens (tertiary/aromatic N) is 2. The molecule has 0 aliphatic carbocycles. The molecule has 0 saturated carbocycles. The molecule has 0 radical (unpaired) electrons. The van der Waals surface area contributed by atoms with Gasteiger partial charge in [0, 0.05) is 22.0 Å². The van der Waals surface area contributed by atoms with Gasteiger partial charge in [-0.15, -0.1) is 0 Å². The van der Waals surface area contributed by atoms with E-state index in [1.165, 1.54) is 11.8 Å². The zero-order valence-electron chi connectivity index (χ0n) is 14.1. The number of benzene rings is 2. The van der Waals surface area contributed by atoms with Gasteiger partial charge in [0.15, 0.2) is 5.16 Å². The summed E-state index contributed by atoms with van der Waals surface area (Å²) in [5, 5.41) is 4.13. The van der Waals surface area contributed by atoms with E-state index in [4.69, 9.17) is 23.2 Å². The van der Waals surface area contributed by atoms with Crippen LogP contribution in [0.25, 0.3) is 0 Å². The Morgan fingerprint density at radius 2 is 1.54 bits per heavy atom. The lowest BCUT2D eigenvalue weighted by Gasteiger charge is -2.09. The van der Waals surface area contributed by atoms with Crippen LogP contribution in [0.3, 0.4) is 0 Å². The third kappa shape index (κ3) is 4.55. The van der Waals surface area contributed by atoms with E-state index in [9.17, 15) is 4.79 Å². The molecule has 0 unspecified atom stereocenters. The molecule has 0 atom stereocenters. The molecular weight excluding hydrogens is 389 g/mol. The van der Waals surface area contributed by atoms with Crippen molar-refractivity contribution in [2.75, 3.05) is 5.32 Å². The van der Waals surface area contributed by atoms with Crippen molar-refractivity contribution in [1.82, 2.24) is 9.97 Å².